The van der Waals surface area contributed by atoms with Crippen LogP contribution in [0.15, 0.2) is 0 Å². The normalized spacial score (nSPS) is 19.8. The van der Waals surface area contributed by atoms with Crippen LogP contribution in [0.25, 0.3) is 0 Å². The number of hydrogen-bond acceptors (Lipinski definition) is 5. The first-order valence-electron chi connectivity index (χ1n) is 11.2. The molecular weight excluding hydrogens is 405 g/mol. The fourth-order valence-electron chi connectivity index (χ4n) is 4.08. The van der Waals surface area contributed by atoms with Crippen LogP contribution in [-0.4, -0.2) is 52.2 Å². The zero-order chi connectivity index (χ0) is 22.8. The number of aliphatic hydroxyl groups is 1. The molecule has 2 amide bonds. The van der Waals surface area contributed by atoms with Gasteiger partial charge in [0, 0.05) is 18.9 Å². The summed E-state index contributed by atoms with van der Waals surface area (Å²) in [5.74, 6) is -0.506. The molecule has 0 heterocycles. The molecule has 1 aliphatic rings. The van der Waals surface area contributed by atoms with Gasteiger partial charge in [-0.1, -0.05) is 47.0 Å². The fourth-order valence-corrected chi connectivity index (χ4v) is 5.17. The summed E-state index contributed by atoms with van der Waals surface area (Å²) in [6.07, 6.45) is 4.84. The molecule has 1 saturated carbocycles. The number of nitrogens with two attached hydrogens (primary N) is 1. The highest BCUT2D eigenvalue weighted by atomic mass is 31.1. The molecule has 174 valence electrons. The first-order chi connectivity index (χ1) is 14.0. The average Bonchev–Trinajstić information content (AvgIpc) is 2.67. The van der Waals surface area contributed by atoms with Gasteiger partial charge in [0.25, 0.3) is 0 Å². The van der Waals surface area contributed by atoms with Crippen LogP contribution in [0.3, 0.4) is 0 Å². The van der Waals surface area contributed by atoms with Gasteiger partial charge in [0.15, 0.2) is 5.66 Å². The molecule has 1 aliphatic carbocycles. The highest BCUT2D eigenvalue weighted by molar-refractivity contribution is 7.38. The highest BCUT2D eigenvalue weighted by Gasteiger charge is 2.39. The van der Waals surface area contributed by atoms with Crippen LogP contribution in [0.1, 0.15) is 72.6 Å². The van der Waals surface area contributed by atoms with Crippen molar-refractivity contribution >= 4 is 19.8 Å². The molecule has 0 aromatic rings. The topological polar surface area (TPSA) is 142 Å². The summed E-state index contributed by atoms with van der Waals surface area (Å²) >= 11 is 0. The summed E-state index contributed by atoms with van der Waals surface area (Å²) in [5.41, 5.74) is 5.45. The predicted octanol–water partition coefficient (Wildman–Crippen LogP) is 2.05. The van der Waals surface area contributed by atoms with Gasteiger partial charge in [-0.05, 0) is 35.7 Å². The Bertz CT molecular complexity index is 567. The number of aliphatic hydroxyl groups excluding tert-OH is 1. The van der Waals surface area contributed by atoms with E-state index in [0.29, 0.717) is 6.42 Å². The van der Waals surface area contributed by atoms with Gasteiger partial charge in [-0.15, -0.1) is 0 Å². The van der Waals surface area contributed by atoms with Gasteiger partial charge in [0.2, 0.25) is 11.8 Å². The molecule has 9 heteroatoms. The van der Waals surface area contributed by atoms with Gasteiger partial charge >= 0.3 is 8.03 Å². The summed E-state index contributed by atoms with van der Waals surface area (Å²) in [4.78, 5) is 34.6. The third-order valence-electron chi connectivity index (χ3n) is 5.81. The van der Waals surface area contributed by atoms with Gasteiger partial charge in [-0.2, -0.15) is 4.89 Å². The van der Waals surface area contributed by atoms with E-state index in [4.69, 9.17) is 5.73 Å². The molecule has 1 fully saturated rings. The number of rotatable bonds is 12. The molecule has 0 aromatic carbocycles. The zero-order valence-corrected chi connectivity index (χ0v) is 19.7. The molecule has 0 spiro atoms. The molecule has 5 atom stereocenters. The van der Waals surface area contributed by atoms with Crippen LogP contribution in [0.4, 0.5) is 0 Å². The number of carbonyl (C=O) groups excluding carboxylic acids is 2. The Kier molecular flexibility index (Phi) is 12.0. The van der Waals surface area contributed by atoms with Crippen molar-refractivity contribution in [3.63, 3.8) is 0 Å². The Hall–Kier alpha value is -1.08. The van der Waals surface area contributed by atoms with Gasteiger partial charge < -0.3 is 21.5 Å². The predicted molar refractivity (Wildman–Crippen MR) is 118 cm³/mol. The summed E-state index contributed by atoms with van der Waals surface area (Å²) in [6.45, 7) is 7.57. The van der Waals surface area contributed by atoms with Crippen LogP contribution < -0.4 is 16.4 Å². The first kappa shape index (κ1) is 27.0. The summed E-state index contributed by atoms with van der Waals surface area (Å²) < 4.78 is 11.8. The van der Waals surface area contributed by atoms with Gasteiger partial charge in [0.05, 0.1) is 12.1 Å². The molecular formula is C21H41N3O5P+. The van der Waals surface area contributed by atoms with E-state index >= 15 is 0 Å². The lowest BCUT2D eigenvalue weighted by Gasteiger charge is -2.26. The smallest absolute Gasteiger partial charge is 0.391 e. The van der Waals surface area contributed by atoms with E-state index in [9.17, 15) is 24.2 Å². The number of amides is 2. The van der Waals surface area contributed by atoms with Crippen LogP contribution in [-0.2, 0) is 14.2 Å². The lowest BCUT2D eigenvalue weighted by atomic mass is 9.85. The standard InChI is InChI=1S/C21H40N3O5P/c1-13(2)10-17(22)20(26)24-19(14(3)4)21(27)23-12-16(25)11-18(30(28)29)15-8-6-5-7-9-15/h13-19,25H,5-12,22H2,1-4H3,(H2-,23,24,26,27,28,29)/p+1/t16-,17+,18?,19+/m1/s1. The van der Waals surface area contributed by atoms with Gasteiger partial charge in [0.1, 0.15) is 6.04 Å². The monoisotopic (exact) mass is 446 g/mol. The van der Waals surface area contributed by atoms with E-state index in [1.54, 1.807) is 0 Å². The molecule has 0 saturated heterocycles. The minimum atomic E-state index is -2.39. The molecule has 2 unspecified atom stereocenters. The maximum Gasteiger partial charge on any atom is 0.509 e. The maximum absolute atomic E-state index is 12.6. The Morgan fingerprint density at radius 3 is 2.17 bits per heavy atom. The quantitative estimate of drug-likeness (QED) is 0.291. The number of hydrogen-bond donors (Lipinski definition) is 5. The van der Waals surface area contributed by atoms with E-state index in [1.165, 1.54) is 0 Å². The largest absolute Gasteiger partial charge is 0.509 e. The summed E-state index contributed by atoms with van der Waals surface area (Å²) in [6, 6.07) is -1.44. The van der Waals surface area contributed by atoms with E-state index in [-0.39, 0.29) is 36.6 Å². The van der Waals surface area contributed by atoms with Crippen molar-refractivity contribution in [3.05, 3.63) is 0 Å². The van der Waals surface area contributed by atoms with E-state index in [1.807, 2.05) is 27.7 Å². The number of nitrogens with one attached hydrogen (secondary N) is 2. The summed E-state index contributed by atoms with van der Waals surface area (Å²) in [5, 5.41) is 15.8. The van der Waals surface area contributed by atoms with Crippen molar-refractivity contribution in [2.24, 2.45) is 23.5 Å². The second-order valence-corrected chi connectivity index (χ2v) is 10.6. The van der Waals surface area contributed by atoms with E-state index in [0.717, 1.165) is 32.1 Å². The van der Waals surface area contributed by atoms with Gasteiger partial charge in [-0.3, -0.25) is 9.59 Å². The van der Waals surface area contributed by atoms with Crippen molar-refractivity contribution < 1.29 is 24.2 Å². The first-order valence-corrected chi connectivity index (χ1v) is 12.5. The second kappa shape index (κ2) is 13.4. The van der Waals surface area contributed by atoms with E-state index in [2.05, 4.69) is 10.6 Å². The fraction of sp³-hybridized carbons (Fsp3) is 0.905. The van der Waals surface area contributed by atoms with Crippen molar-refractivity contribution in [2.45, 2.75) is 96.5 Å². The average molecular weight is 447 g/mol. The zero-order valence-electron chi connectivity index (χ0n) is 18.8. The molecule has 0 aliphatic heterocycles. The van der Waals surface area contributed by atoms with Crippen molar-refractivity contribution in [1.29, 1.82) is 0 Å². The van der Waals surface area contributed by atoms with Crippen molar-refractivity contribution in [2.75, 3.05) is 6.54 Å². The lowest BCUT2D eigenvalue weighted by molar-refractivity contribution is -0.131. The number of carbonyl (C=O) groups is 2. The Balaban J connectivity index is 2.58. The Morgan fingerprint density at radius 2 is 1.67 bits per heavy atom. The van der Waals surface area contributed by atoms with Crippen LogP contribution in [0.2, 0.25) is 0 Å². The van der Waals surface area contributed by atoms with Crippen LogP contribution in [0, 0.1) is 17.8 Å². The Morgan fingerprint density at radius 1 is 1.07 bits per heavy atom. The van der Waals surface area contributed by atoms with Crippen LogP contribution >= 0.6 is 8.03 Å². The lowest BCUT2D eigenvalue weighted by Crippen LogP contribution is -2.54. The van der Waals surface area contributed by atoms with Crippen molar-refractivity contribution in [3.8, 4) is 0 Å². The van der Waals surface area contributed by atoms with Crippen LogP contribution in [0.5, 0.6) is 0 Å². The third-order valence-corrected chi connectivity index (χ3v) is 7.01. The summed E-state index contributed by atoms with van der Waals surface area (Å²) in [7, 11) is -2.39. The van der Waals surface area contributed by atoms with Crippen molar-refractivity contribution in [1.82, 2.24) is 10.6 Å². The maximum atomic E-state index is 12.6. The highest BCUT2D eigenvalue weighted by Crippen LogP contribution is 2.40. The minimum Gasteiger partial charge on any atom is -0.391 e. The molecule has 0 radical (unpaired) electrons. The SMILES string of the molecule is CC(C)C[C@H](N)C(=O)N[C@H](C(=O)NC[C@H](O)CC(C1CCCCC1)[P+](=O)O)C(C)C. The molecule has 8 nitrogen and oxygen atoms in total. The Labute approximate surface area is 181 Å². The molecule has 30 heavy (non-hydrogen) atoms. The molecule has 6 N–H and O–H groups in total. The minimum absolute atomic E-state index is 0.0254. The molecule has 1 rings (SSSR count). The molecule has 0 aromatic heterocycles. The second-order valence-electron chi connectivity index (χ2n) is 9.37. The van der Waals surface area contributed by atoms with Gasteiger partial charge in [-0.25, -0.2) is 0 Å². The van der Waals surface area contributed by atoms with E-state index < -0.39 is 37.8 Å². The third kappa shape index (κ3) is 9.38. The molecule has 0 bridgehead atoms.